The fraction of sp³-hybridized carbons (Fsp3) is 0.389. The van der Waals surface area contributed by atoms with Crippen LogP contribution >= 0.6 is 0 Å². The monoisotopic (exact) mass is 384 g/mol. The smallest absolute Gasteiger partial charge is 0.338 e. The Morgan fingerprint density at radius 2 is 1.41 bits per heavy atom. The van der Waals surface area contributed by atoms with Crippen LogP contribution in [0.4, 0.5) is 0 Å². The van der Waals surface area contributed by atoms with E-state index in [1.54, 1.807) is 12.1 Å². The lowest BCUT2D eigenvalue weighted by Gasteiger charge is -2.13. The Hall–Kier alpha value is -3.23. The maximum Gasteiger partial charge on any atom is 0.338 e. The SMILES string of the molecule is CCCCOC(=O)c1cc(OC)c(OC)c(OC)c1.O=C(O)/C=C\C(=O)O. The molecule has 0 heterocycles. The molecule has 0 amide bonds. The first kappa shape index (κ1) is 23.8. The van der Waals surface area contributed by atoms with Gasteiger partial charge in [-0.1, -0.05) is 13.3 Å². The van der Waals surface area contributed by atoms with Crippen LogP contribution in [0.5, 0.6) is 17.2 Å². The van der Waals surface area contributed by atoms with Crippen molar-refractivity contribution in [3.05, 3.63) is 29.8 Å². The van der Waals surface area contributed by atoms with Gasteiger partial charge in [0.05, 0.1) is 33.5 Å². The second-order valence-electron chi connectivity index (χ2n) is 4.91. The van der Waals surface area contributed by atoms with E-state index in [9.17, 15) is 14.4 Å². The number of methoxy groups -OCH3 is 3. The van der Waals surface area contributed by atoms with Crippen molar-refractivity contribution in [2.45, 2.75) is 19.8 Å². The van der Waals surface area contributed by atoms with E-state index in [0.717, 1.165) is 12.8 Å². The highest BCUT2D eigenvalue weighted by atomic mass is 16.5. The summed E-state index contributed by atoms with van der Waals surface area (Å²) >= 11 is 0. The molecule has 1 rings (SSSR count). The molecule has 27 heavy (non-hydrogen) atoms. The van der Waals surface area contributed by atoms with E-state index < -0.39 is 17.9 Å². The molecule has 0 atom stereocenters. The van der Waals surface area contributed by atoms with Gasteiger partial charge in [0.25, 0.3) is 0 Å². The van der Waals surface area contributed by atoms with Gasteiger partial charge in [-0.15, -0.1) is 0 Å². The first-order chi connectivity index (χ1) is 12.8. The molecule has 2 N–H and O–H groups in total. The van der Waals surface area contributed by atoms with Gasteiger partial charge in [-0.3, -0.25) is 0 Å². The van der Waals surface area contributed by atoms with Crippen LogP contribution < -0.4 is 14.2 Å². The van der Waals surface area contributed by atoms with Crippen LogP contribution in [0.25, 0.3) is 0 Å². The molecule has 0 spiro atoms. The summed E-state index contributed by atoms with van der Waals surface area (Å²) in [5, 5.41) is 15.6. The number of hydrogen-bond acceptors (Lipinski definition) is 7. The molecule has 9 heteroatoms. The Morgan fingerprint density at radius 1 is 0.926 bits per heavy atom. The normalized spacial score (nSPS) is 9.78. The number of aliphatic carboxylic acids is 2. The van der Waals surface area contributed by atoms with E-state index >= 15 is 0 Å². The fourth-order valence-corrected chi connectivity index (χ4v) is 1.73. The molecule has 0 aromatic heterocycles. The number of benzene rings is 1. The van der Waals surface area contributed by atoms with Gasteiger partial charge in [-0.2, -0.15) is 0 Å². The number of carboxylic acids is 2. The van der Waals surface area contributed by atoms with Crippen LogP contribution in [0.3, 0.4) is 0 Å². The molecule has 150 valence electrons. The van der Waals surface area contributed by atoms with Gasteiger partial charge in [-0.05, 0) is 18.6 Å². The van der Waals surface area contributed by atoms with E-state index in [2.05, 4.69) is 0 Å². The quantitative estimate of drug-likeness (QED) is 0.374. The second kappa shape index (κ2) is 13.0. The average Bonchev–Trinajstić information content (AvgIpc) is 2.65. The van der Waals surface area contributed by atoms with Gasteiger partial charge < -0.3 is 29.2 Å². The van der Waals surface area contributed by atoms with Crippen LogP contribution in [0.2, 0.25) is 0 Å². The third kappa shape index (κ3) is 9.15. The van der Waals surface area contributed by atoms with Gasteiger partial charge in [0, 0.05) is 12.2 Å². The molecule has 0 saturated heterocycles. The molecule has 9 nitrogen and oxygen atoms in total. The number of rotatable bonds is 9. The van der Waals surface area contributed by atoms with Crippen LogP contribution in [0.1, 0.15) is 30.1 Å². The lowest BCUT2D eigenvalue weighted by Crippen LogP contribution is -2.07. The summed E-state index contributed by atoms with van der Waals surface area (Å²) in [5.74, 6) is -1.59. The minimum atomic E-state index is -1.26. The van der Waals surface area contributed by atoms with Crippen molar-refractivity contribution >= 4 is 17.9 Å². The lowest BCUT2D eigenvalue weighted by atomic mass is 10.2. The van der Waals surface area contributed by atoms with Gasteiger partial charge >= 0.3 is 17.9 Å². The minimum absolute atomic E-state index is 0.380. The van der Waals surface area contributed by atoms with Crippen molar-refractivity contribution in [2.24, 2.45) is 0 Å². The standard InChI is InChI=1S/C14H20O5.C4H4O4/c1-5-6-7-19-14(15)10-8-11(16-2)13(18-4)12(9-10)17-3;5-3(6)1-2-4(7)8/h8-9H,5-7H2,1-4H3;1-2H,(H,5,6)(H,7,8)/b;2-1-. The molecule has 0 fully saturated rings. The third-order valence-corrected chi connectivity index (χ3v) is 3.00. The largest absolute Gasteiger partial charge is 0.493 e. The van der Waals surface area contributed by atoms with Gasteiger partial charge in [0.2, 0.25) is 5.75 Å². The number of esters is 1. The molecule has 0 unspecified atom stereocenters. The maximum atomic E-state index is 11.9. The summed E-state index contributed by atoms with van der Waals surface area (Å²) in [6.45, 7) is 2.44. The third-order valence-electron chi connectivity index (χ3n) is 3.00. The average molecular weight is 384 g/mol. The van der Waals surface area contributed by atoms with Crippen LogP contribution in [0.15, 0.2) is 24.3 Å². The van der Waals surface area contributed by atoms with Crippen molar-refractivity contribution in [2.75, 3.05) is 27.9 Å². The van der Waals surface area contributed by atoms with E-state index in [1.165, 1.54) is 21.3 Å². The van der Waals surface area contributed by atoms with E-state index in [-0.39, 0.29) is 0 Å². The maximum absolute atomic E-state index is 11.9. The van der Waals surface area contributed by atoms with Crippen molar-refractivity contribution in [3.8, 4) is 17.2 Å². The van der Waals surface area contributed by atoms with Gasteiger partial charge in [0.15, 0.2) is 11.5 Å². The summed E-state index contributed by atoms with van der Waals surface area (Å²) in [7, 11) is 4.52. The second-order valence-corrected chi connectivity index (χ2v) is 4.91. The van der Waals surface area contributed by atoms with Crippen molar-refractivity contribution in [3.63, 3.8) is 0 Å². The zero-order chi connectivity index (χ0) is 20.8. The number of carbonyl (C=O) groups excluding carboxylic acids is 1. The molecule has 0 saturated carbocycles. The highest BCUT2D eigenvalue weighted by molar-refractivity contribution is 5.91. The van der Waals surface area contributed by atoms with Crippen LogP contribution in [0, 0.1) is 0 Å². The van der Waals surface area contributed by atoms with E-state index in [0.29, 0.717) is 41.6 Å². The first-order valence-corrected chi connectivity index (χ1v) is 7.91. The van der Waals surface area contributed by atoms with Crippen molar-refractivity contribution in [1.29, 1.82) is 0 Å². The van der Waals surface area contributed by atoms with Crippen LogP contribution in [-0.4, -0.2) is 56.1 Å². The van der Waals surface area contributed by atoms with Crippen molar-refractivity contribution < 1.29 is 43.5 Å². The Morgan fingerprint density at radius 3 is 1.74 bits per heavy atom. The van der Waals surface area contributed by atoms with E-state index in [1.807, 2.05) is 6.92 Å². The Bertz CT molecular complexity index is 624. The zero-order valence-corrected chi connectivity index (χ0v) is 15.7. The van der Waals surface area contributed by atoms with Crippen molar-refractivity contribution in [1.82, 2.24) is 0 Å². The van der Waals surface area contributed by atoms with Gasteiger partial charge in [0.1, 0.15) is 0 Å². The summed E-state index contributed by atoms with van der Waals surface area (Å²) in [6, 6.07) is 3.16. The molecule has 1 aromatic carbocycles. The number of unbranched alkanes of at least 4 members (excludes halogenated alkanes) is 1. The fourth-order valence-electron chi connectivity index (χ4n) is 1.73. The molecular formula is C18H24O9. The number of carboxylic acid groups (broad SMARTS) is 2. The number of hydrogen-bond donors (Lipinski definition) is 2. The minimum Gasteiger partial charge on any atom is -0.493 e. The molecular weight excluding hydrogens is 360 g/mol. The van der Waals surface area contributed by atoms with E-state index in [4.69, 9.17) is 29.2 Å². The van der Waals surface area contributed by atoms with Crippen LogP contribution in [-0.2, 0) is 14.3 Å². The summed E-state index contributed by atoms with van der Waals surface area (Å²) in [6.07, 6.45) is 2.93. The molecule has 0 aliphatic rings. The topological polar surface area (TPSA) is 129 Å². The summed E-state index contributed by atoms with van der Waals surface area (Å²) < 4.78 is 20.7. The first-order valence-electron chi connectivity index (χ1n) is 7.91. The predicted molar refractivity (Wildman–Crippen MR) is 95.7 cm³/mol. The number of ether oxygens (including phenoxy) is 4. The Kier molecular flexibility index (Phi) is 11.5. The number of carbonyl (C=O) groups is 3. The Labute approximate surface area is 157 Å². The van der Waals surface area contributed by atoms with Gasteiger partial charge in [-0.25, -0.2) is 14.4 Å². The Balaban J connectivity index is 0.000000713. The summed E-state index contributed by atoms with van der Waals surface area (Å²) in [4.78, 5) is 31.0. The highest BCUT2D eigenvalue weighted by Gasteiger charge is 2.17. The lowest BCUT2D eigenvalue weighted by molar-refractivity contribution is -0.134. The highest BCUT2D eigenvalue weighted by Crippen LogP contribution is 2.38. The zero-order valence-electron chi connectivity index (χ0n) is 15.7. The predicted octanol–water partition coefficient (Wildman–Crippen LogP) is 2.38. The summed E-state index contributed by atoms with van der Waals surface area (Å²) in [5.41, 5.74) is 0.380. The molecule has 0 radical (unpaired) electrons. The molecule has 0 aliphatic carbocycles. The molecule has 1 aromatic rings. The molecule has 0 bridgehead atoms. The molecule has 0 aliphatic heterocycles.